The van der Waals surface area contributed by atoms with Gasteiger partial charge >= 0.3 is 5.97 Å². The second kappa shape index (κ2) is 12.8. The first kappa shape index (κ1) is 26.1. The molecule has 9 heteroatoms. The molecule has 2 aromatic carbocycles. The first-order valence-corrected chi connectivity index (χ1v) is 11.4. The highest BCUT2D eigenvalue weighted by Gasteiger charge is 2.18. The lowest BCUT2D eigenvalue weighted by molar-refractivity contribution is -0.138. The Morgan fingerprint density at radius 3 is 2.14 bits per heavy atom. The zero-order chi connectivity index (χ0) is 25.9. The highest BCUT2D eigenvalue weighted by atomic mass is 16.4. The van der Waals surface area contributed by atoms with E-state index in [4.69, 9.17) is 5.11 Å². The predicted molar refractivity (Wildman–Crippen MR) is 134 cm³/mol. The normalized spacial score (nSPS) is 11.3. The molecule has 2 amide bonds. The van der Waals surface area contributed by atoms with Crippen molar-refractivity contribution in [1.29, 1.82) is 0 Å². The van der Waals surface area contributed by atoms with E-state index < -0.39 is 36.4 Å². The van der Waals surface area contributed by atoms with Crippen LogP contribution in [0.1, 0.15) is 29.7 Å². The third kappa shape index (κ3) is 7.76. The molecule has 3 rings (SSSR count). The van der Waals surface area contributed by atoms with Gasteiger partial charge in [0.15, 0.2) is 0 Å². The number of nitrogens with zero attached hydrogens (tertiary/aromatic N) is 1. The quantitative estimate of drug-likeness (QED) is 0.334. The van der Waals surface area contributed by atoms with Crippen LogP contribution in [-0.4, -0.2) is 39.8 Å². The van der Waals surface area contributed by atoms with Crippen LogP contribution in [-0.2, 0) is 38.6 Å². The Hall–Kier alpha value is -4.53. The van der Waals surface area contributed by atoms with Crippen molar-refractivity contribution in [3.05, 3.63) is 100.0 Å². The molecule has 0 aliphatic heterocycles. The third-order valence-electron chi connectivity index (χ3n) is 5.46. The van der Waals surface area contributed by atoms with Gasteiger partial charge in [-0.15, -0.1) is 0 Å². The van der Waals surface area contributed by atoms with E-state index in [0.717, 1.165) is 11.1 Å². The number of aryl methyl sites for hydroxylation is 1. The van der Waals surface area contributed by atoms with E-state index in [2.05, 4.69) is 10.6 Å². The molecular weight excluding hydrogens is 462 g/mol. The van der Waals surface area contributed by atoms with Gasteiger partial charge in [0.2, 0.25) is 11.8 Å². The third-order valence-corrected chi connectivity index (χ3v) is 5.46. The Balaban J connectivity index is 1.81. The molecule has 0 fully saturated rings. The van der Waals surface area contributed by atoms with Crippen molar-refractivity contribution in [2.75, 3.05) is 5.32 Å². The molecule has 1 atom stereocenters. The predicted octanol–water partition coefficient (Wildman–Crippen LogP) is 2.17. The van der Waals surface area contributed by atoms with Crippen molar-refractivity contribution in [2.24, 2.45) is 0 Å². The number of hydrogen-bond donors (Lipinski definition) is 3. The van der Waals surface area contributed by atoms with Gasteiger partial charge in [-0.3, -0.25) is 19.2 Å². The summed E-state index contributed by atoms with van der Waals surface area (Å²) in [5.41, 5.74) is 1.86. The van der Waals surface area contributed by atoms with E-state index in [0.29, 0.717) is 24.8 Å². The van der Waals surface area contributed by atoms with Gasteiger partial charge in [0.25, 0.3) is 5.56 Å². The molecule has 0 spiro atoms. The number of carboxylic acids is 1. The number of carbonyl (C=O) groups is 4. The van der Waals surface area contributed by atoms with Crippen molar-refractivity contribution in [3.8, 4) is 0 Å². The molecule has 0 saturated carbocycles. The number of rotatable bonds is 12. The van der Waals surface area contributed by atoms with Crippen molar-refractivity contribution >= 4 is 29.8 Å². The lowest BCUT2D eigenvalue weighted by atomic mass is 10.1. The summed E-state index contributed by atoms with van der Waals surface area (Å²) >= 11 is 0. The summed E-state index contributed by atoms with van der Waals surface area (Å²) in [6, 6.07) is 20.7. The van der Waals surface area contributed by atoms with E-state index in [1.54, 1.807) is 6.07 Å². The molecule has 0 bridgehead atoms. The fourth-order valence-electron chi connectivity index (χ4n) is 3.68. The number of anilines is 1. The second-order valence-corrected chi connectivity index (χ2v) is 8.23. The van der Waals surface area contributed by atoms with E-state index in [1.165, 1.54) is 10.6 Å². The van der Waals surface area contributed by atoms with Crippen LogP contribution in [0.25, 0.3) is 0 Å². The topological polar surface area (TPSA) is 135 Å². The van der Waals surface area contributed by atoms with Gasteiger partial charge in [-0.2, -0.15) is 0 Å². The minimum Gasteiger partial charge on any atom is -0.481 e. The van der Waals surface area contributed by atoms with Crippen LogP contribution >= 0.6 is 0 Å². The lowest BCUT2D eigenvalue weighted by Gasteiger charge is -2.17. The molecule has 36 heavy (non-hydrogen) atoms. The van der Waals surface area contributed by atoms with E-state index in [-0.39, 0.29) is 18.0 Å². The summed E-state index contributed by atoms with van der Waals surface area (Å²) in [5, 5.41) is 13.9. The van der Waals surface area contributed by atoms with Gasteiger partial charge in [0.05, 0.1) is 12.5 Å². The molecule has 1 heterocycles. The average Bonchev–Trinajstić information content (AvgIpc) is 2.87. The number of carboxylic acid groups (broad SMARTS) is 1. The van der Waals surface area contributed by atoms with E-state index in [9.17, 15) is 24.0 Å². The maximum atomic E-state index is 13.3. The maximum Gasteiger partial charge on any atom is 0.305 e. The summed E-state index contributed by atoms with van der Waals surface area (Å²) < 4.78 is 1.22. The molecular formula is C27H27N3O6. The molecule has 0 radical (unpaired) electrons. The molecule has 0 aliphatic rings. The van der Waals surface area contributed by atoms with Crippen molar-refractivity contribution in [2.45, 2.75) is 38.3 Å². The summed E-state index contributed by atoms with van der Waals surface area (Å²) in [4.78, 5) is 60.4. The number of carbonyl (C=O) groups excluding carboxylic acids is 3. The summed E-state index contributed by atoms with van der Waals surface area (Å²) in [5.74, 6) is -2.28. The first-order chi connectivity index (χ1) is 17.4. The van der Waals surface area contributed by atoms with E-state index in [1.807, 2.05) is 60.7 Å². The number of benzene rings is 2. The number of aliphatic carboxylic acids is 1. The zero-order valence-electron chi connectivity index (χ0n) is 19.6. The number of hydrogen-bond acceptors (Lipinski definition) is 5. The molecule has 186 valence electrons. The summed E-state index contributed by atoms with van der Waals surface area (Å²) in [6.07, 6.45) is 0.789. The van der Waals surface area contributed by atoms with Crippen molar-refractivity contribution in [3.63, 3.8) is 0 Å². The lowest BCUT2D eigenvalue weighted by Crippen LogP contribution is -2.41. The summed E-state index contributed by atoms with van der Waals surface area (Å²) in [6.45, 7) is -0.446. The highest BCUT2D eigenvalue weighted by Crippen LogP contribution is 2.12. The van der Waals surface area contributed by atoms with Gasteiger partial charge in [-0.25, -0.2) is 0 Å². The number of amides is 2. The van der Waals surface area contributed by atoms with Crippen molar-refractivity contribution < 1.29 is 24.3 Å². The standard InChI is InChI=1S/C27H27N3O6/c31-18-21(16-26(34)35)28-25(33)17-30-22(15-20-9-5-2-6-10-20)12-13-23(27(30)36)29-24(32)14-11-19-7-3-1-4-8-19/h1-10,12-13,18,21H,11,14-17H2,(H,28,33)(H,29,32)(H,34,35)/t21-/m0/s1. The molecule has 3 aromatic rings. The van der Waals surface area contributed by atoms with Crippen LogP contribution < -0.4 is 16.2 Å². The minimum absolute atomic E-state index is 0.0233. The average molecular weight is 490 g/mol. The molecule has 9 nitrogen and oxygen atoms in total. The van der Waals surface area contributed by atoms with Crippen LogP contribution in [0.2, 0.25) is 0 Å². The highest BCUT2D eigenvalue weighted by molar-refractivity contribution is 5.90. The van der Waals surface area contributed by atoms with Gasteiger partial charge in [0.1, 0.15) is 18.5 Å². The van der Waals surface area contributed by atoms with Gasteiger partial charge < -0.3 is 25.1 Å². The number of aldehydes is 1. The first-order valence-electron chi connectivity index (χ1n) is 11.4. The van der Waals surface area contributed by atoms with Gasteiger partial charge in [-0.05, 0) is 29.7 Å². The molecule has 0 aliphatic carbocycles. The second-order valence-electron chi connectivity index (χ2n) is 8.23. The Morgan fingerprint density at radius 2 is 1.53 bits per heavy atom. The SMILES string of the molecule is O=C[C@H](CC(=O)O)NC(=O)Cn1c(Cc2ccccc2)ccc(NC(=O)CCc2ccccc2)c1=O. The molecule has 1 aromatic heterocycles. The number of pyridine rings is 1. The van der Waals surface area contributed by atoms with Gasteiger partial charge in [-0.1, -0.05) is 60.7 Å². The van der Waals surface area contributed by atoms with Crippen LogP contribution in [0.15, 0.2) is 77.6 Å². The van der Waals surface area contributed by atoms with Crippen LogP contribution in [0.3, 0.4) is 0 Å². The largest absolute Gasteiger partial charge is 0.481 e. The van der Waals surface area contributed by atoms with Crippen LogP contribution in [0.5, 0.6) is 0 Å². The zero-order valence-corrected chi connectivity index (χ0v) is 19.6. The monoisotopic (exact) mass is 489 g/mol. The van der Waals surface area contributed by atoms with E-state index >= 15 is 0 Å². The minimum atomic E-state index is -1.24. The Labute approximate surface area is 207 Å². The van der Waals surface area contributed by atoms with Crippen LogP contribution in [0.4, 0.5) is 5.69 Å². The molecule has 0 unspecified atom stereocenters. The fourth-order valence-corrected chi connectivity index (χ4v) is 3.68. The number of aromatic nitrogens is 1. The number of nitrogens with one attached hydrogen (secondary N) is 2. The Bertz CT molecular complexity index is 1270. The Morgan fingerprint density at radius 1 is 0.889 bits per heavy atom. The summed E-state index contributed by atoms with van der Waals surface area (Å²) in [7, 11) is 0. The molecule has 0 saturated heterocycles. The maximum absolute atomic E-state index is 13.3. The smallest absolute Gasteiger partial charge is 0.305 e. The van der Waals surface area contributed by atoms with Crippen LogP contribution in [0, 0.1) is 0 Å². The fraction of sp³-hybridized carbons (Fsp3) is 0.222. The van der Waals surface area contributed by atoms with Gasteiger partial charge in [0, 0.05) is 18.5 Å². The molecule has 3 N–H and O–H groups in total. The Kier molecular flexibility index (Phi) is 9.27. The van der Waals surface area contributed by atoms with Crippen molar-refractivity contribution in [1.82, 2.24) is 9.88 Å².